The van der Waals surface area contributed by atoms with E-state index in [-0.39, 0.29) is 13.0 Å². The van der Waals surface area contributed by atoms with Crippen LogP contribution in [0, 0.1) is 6.92 Å². The number of anilines is 1. The molecule has 0 bridgehead atoms. The standard InChI is InChI=1S/C19H24N4O6/c1-10-11(4-2-5-12(10)20)17(26)21-9-15(24)23-7-3-6-14(23)18(27)22-13-8-16(25)29-19(13)28/h2,4-5,13-14,19,28H,3,6-9,20H2,1H3,(H,21,26)(H,22,27)/t13-,14-,19+/m0/s1. The van der Waals surface area contributed by atoms with Gasteiger partial charge in [0.15, 0.2) is 0 Å². The molecule has 2 aliphatic heterocycles. The second-order valence-corrected chi connectivity index (χ2v) is 7.15. The predicted molar refractivity (Wildman–Crippen MR) is 101 cm³/mol. The highest BCUT2D eigenvalue weighted by Gasteiger charge is 2.39. The summed E-state index contributed by atoms with van der Waals surface area (Å²) in [6.07, 6.45) is -0.423. The van der Waals surface area contributed by atoms with Crippen LogP contribution in [0.25, 0.3) is 0 Å². The molecular formula is C19H24N4O6. The van der Waals surface area contributed by atoms with Crippen LogP contribution in [-0.4, -0.2) is 65.2 Å². The van der Waals surface area contributed by atoms with Gasteiger partial charge >= 0.3 is 5.97 Å². The van der Waals surface area contributed by atoms with Gasteiger partial charge in [0.25, 0.3) is 5.91 Å². The van der Waals surface area contributed by atoms with E-state index in [9.17, 15) is 24.3 Å². The van der Waals surface area contributed by atoms with E-state index in [1.54, 1.807) is 25.1 Å². The highest BCUT2D eigenvalue weighted by Crippen LogP contribution is 2.20. The van der Waals surface area contributed by atoms with E-state index < -0.39 is 42.1 Å². The third-order valence-electron chi connectivity index (χ3n) is 5.21. The zero-order valence-corrected chi connectivity index (χ0v) is 16.0. The molecule has 1 aromatic rings. The third kappa shape index (κ3) is 4.48. The van der Waals surface area contributed by atoms with Crippen LogP contribution in [0.15, 0.2) is 18.2 Å². The molecule has 10 nitrogen and oxygen atoms in total. The van der Waals surface area contributed by atoms with Gasteiger partial charge in [-0.3, -0.25) is 19.2 Å². The van der Waals surface area contributed by atoms with Crippen molar-refractivity contribution in [2.45, 2.75) is 44.6 Å². The van der Waals surface area contributed by atoms with Gasteiger partial charge in [0.2, 0.25) is 18.1 Å². The summed E-state index contributed by atoms with van der Waals surface area (Å²) in [5.74, 6) is -1.87. The first kappa shape index (κ1) is 20.6. The van der Waals surface area contributed by atoms with Crippen LogP contribution < -0.4 is 16.4 Å². The smallest absolute Gasteiger partial charge is 0.310 e. The average Bonchev–Trinajstić information content (AvgIpc) is 3.28. The van der Waals surface area contributed by atoms with Crippen molar-refractivity contribution >= 4 is 29.4 Å². The quantitative estimate of drug-likeness (QED) is 0.365. The summed E-state index contributed by atoms with van der Waals surface area (Å²) >= 11 is 0. The van der Waals surface area contributed by atoms with E-state index in [4.69, 9.17) is 5.73 Å². The molecule has 2 fully saturated rings. The summed E-state index contributed by atoms with van der Waals surface area (Å²) in [5.41, 5.74) is 7.30. The Hall–Kier alpha value is -3.14. The molecule has 2 saturated heterocycles. The van der Waals surface area contributed by atoms with Crippen LogP contribution in [0.1, 0.15) is 35.2 Å². The molecule has 3 rings (SSSR count). The lowest BCUT2D eigenvalue weighted by atomic mass is 10.1. The molecule has 0 aromatic heterocycles. The number of nitrogens with two attached hydrogens (primary N) is 1. The first-order valence-corrected chi connectivity index (χ1v) is 9.38. The topological polar surface area (TPSA) is 151 Å². The molecule has 1 aromatic carbocycles. The average molecular weight is 404 g/mol. The van der Waals surface area contributed by atoms with E-state index in [2.05, 4.69) is 15.4 Å². The molecule has 0 unspecified atom stereocenters. The molecule has 2 heterocycles. The number of aliphatic hydroxyl groups is 1. The van der Waals surface area contributed by atoms with Gasteiger partial charge < -0.3 is 31.1 Å². The molecule has 10 heteroatoms. The normalized spacial score (nSPS) is 23.6. The number of rotatable bonds is 5. The van der Waals surface area contributed by atoms with Crippen LogP contribution in [-0.2, 0) is 19.1 Å². The van der Waals surface area contributed by atoms with Crippen LogP contribution >= 0.6 is 0 Å². The Morgan fingerprint density at radius 2 is 2.10 bits per heavy atom. The Bertz CT molecular complexity index is 842. The lowest BCUT2D eigenvalue weighted by Crippen LogP contribution is -2.52. The number of benzene rings is 1. The highest BCUT2D eigenvalue weighted by molar-refractivity contribution is 5.99. The maximum absolute atomic E-state index is 12.6. The molecular weight excluding hydrogens is 380 g/mol. The van der Waals surface area contributed by atoms with Crippen molar-refractivity contribution in [3.63, 3.8) is 0 Å². The van der Waals surface area contributed by atoms with E-state index >= 15 is 0 Å². The van der Waals surface area contributed by atoms with Crippen LogP contribution in [0.5, 0.6) is 0 Å². The number of aliphatic hydroxyl groups excluding tert-OH is 1. The van der Waals surface area contributed by atoms with Crippen LogP contribution in [0.4, 0.5) is 5.69 Å². The van der Waals surface area contributed by atoms with Gasteiger partial charge in [0.1, 0.15) is 12.1 Å². The van der Waals surface area contributed by atoms with Gasteiger partial charge in [-0.15, -0.1) is 0 Å². The number of amides is 3. The lowest BCUT2D eigenvalue weighted by Gasteiger charge is -2.25. The maximum atomic E-state index is 12.6. The van der Waals surface area contributed by atoms with E-state index in [1.807, 2.05) is 0 Å². The molecule has 3 atom stereocenters. The van der Waals surface area contributed by atoms with Crippen molar-refractivity contribution in [3.05, 3.63) is 29.3 Å². The summed E-state index contributed by atoms with van der Waals surface area (Å²) in [5, 5.41) is 14.8. The van der Waals surface area contributed by atoms with E-state index in [0.717, 1.165) is 0 Å². The zero-order chi connectivity index (χ0) is 21.1. The minimum absolute atomic E-state index is 0.122. The second kappa shape index (κ2) is 8.48. The lowest BCUT2D eigenvalue weighted by molar-refractivity contribution is -0.155. The third-order valence-corrected chi connectivity index (χ3v) is 5.21. The summed E-state index contributed by atoms with van der Waals surface area (Å²) in [6.45, 7) is 1.84. The van der Waals surface area contributed by atoms with Crippen molar-refractivity contribution in [2.75, 3.05) is 18.8 Å². The van der Waals surface area contributed by atoms with Crippen molar-refractivity contribution in [2.24, 2.45) is 0 Å². The first-order valence-electron chi connectivity index (χ1n) is 9.38. The minimum Gasteiger partial charge on any atom is -0.434 e. The zero-order valence-electron chi connectivity index (χ0n) is 16.0. The van der Waals surface area contributed by atoms with Crippen molar-refractivity contribution in [3.8, 4) is 0 Å². The number of hydrogen-bond donors (Lipinski definition) is 4. The molecule has 156 valence electrons. The molecule has 0 spiro atoms. The van der Waals surface area contributed by atoms with Crippen LogP contribution in [0.3, 0.4) is 0 Å². The van der Waals surface area contributed by atoms with E-state index in [1.165, 1.54) is 4.90 Å². The number of hydrogen-bond acceptors (Lipinski definition) is 7. The van der Waals surface area contributed by atoms with Gasteiger partial charge in [-0.2, -0.15) is 0 Å². The Kier molecular flexibility index (Phi) is 6.02. The number of nitrogens with one attached hydrogen (secondary N) is 2. The number of ether oxygens (including phenoxy) is 1. The molecule has 29 heavy (non-hydrogen) atoms. The molecule has 0 saturated carbocycles. The number of carbonyl (C=O) groups excluding carboxylic acids is 4. The van der Waals surface area contributed by atoms with Crippen LogP contribution in [0.2, 0.25) is 0 Å². The number of esters is 1. The summed E-state index contributed by atoms with van der Waals surface area (Å²) in [7, 11) is 0. The number of carbonyl (C=O) groups is 4. The van der Waals surface area contributed by atoms with Gasteiger partial charge in [-0.05, 0) is 37.5 Å². The van der Waals surface area contributed by atoms with Crippen molar-refractivity contribution in [1.82, 2.24) is 15.5 Å². The van der Waals surface area contributed by atoms with Gasteiger partial charge in [-0.25, -0.2) is 0 Å². The summed E-state index contributed by atoms with van der Waals surface area (Å²) < 4.78 is 4.60. The summed E-state index contributed by atoms with van der Waals surface area (Å²) in [6, 6.07) is 3.40. The Balaban J connectivity index is 1.57. The maximum Gasteiger partial charge on any atom is 0.310 e. The second-order valence-electron chi connectivity index (χ2n) is 7.15. The largest absolute Gasteiger partial charge is 0.434 e. The highest BCUT2D eigenvalue weighted by atomic mass is 16.6. The number of cyclic esters (lactones) is 1. The fourth-order valence-electron chi connectivity index (χ4n) is 3.54. The SMILES string of the molecule is Cc1c(N)cccc1C(=O)NCC(=O)N1CCC[C@H]1C(=O)N[C@H]1CC(=O)O[C@H]1O. The summed E-state index contributed by atoms with van der Waals surface area (Å²) in [4.78, 5) is 50.1. The molecule has 0 radical (unpaired) electrons. The minimum atomic E-state index is -1.39. The number of nitrogens with zero attached hydrogens (tertiary/aromatic N) is 1. The van der Waals surface area contributed by atoms with Crippen molar-refractivity contribution < 1.29 is 29.0 Å². The Labute approximate surface area is 167 Å². The molecule has 3 amide bonds. The van der Waals surface area contributed by atoms with E-state index in [0.29, 0.717) is 36.2 Å². The van der Waals surface area contributed by atoms with Gasteiger partial charge in [0.05, 0.1) is 13.0 Å². The monoisotopic (exact) mass is 404 g/mol. The first-order chi connectivity index (χ1) is 13.8. The molecule has 2 aliphatic rings. The van der Waals surface area contributed by atoms with Gasteiger partial charge in [-0.1, -0.05) is 6.07 Å². The molecule has 0 aliphatic carbocycles. The van der Waals surface area contributed by atoms with Crippen molar-refractivity contribution in [1.29, 1.82) is 0 Å². The fraction of sp³-hybridized carbons (Fsp3) is 0.474. The predicted octanol–water partition coefficient (Wildman–Crippen LogP) is -0.952. The number of nitrogen functional groups attached to an aromatic ring is 1. The van der Waals surface area contributed by atoms with Gasteiger partial charge in [0, 0.05) is 17.8 Å². The Morgan fingerprint density at radius 3 is 2.79 bits per heavy atom. The fourth-order valence-corrected chi connectivity index (χ4v) is 3.54. The number of likely N-dealkylation sites (tertiary alicyclic amines) is 1. The Morgan fingerprint density at radius 1 is 1.34 bits per heavy atom. The molecule has 5 N–H and O–H groups in total.